The molecule has 1 saturated heterocycles. The molecular weight excluding hydrogens is 326 g/mol. The van der Waals surface area contributed by atoms with Crippen molar-refractivity contribution in [3.05, 3.63) is 23.6 Å². The third-order valence-electron chi connectivity index (χ3n) is 4.42. The molecule has 0 N–H and O–H groups in total. The van der Waals surface area contributed by atoms with Crippen LogP contribution >= 0.6 is 11.3 Å². The molecule has 0 radical (unpaired) electrons. The lowest BCUT2D eigenvalue weighted by molar-refractivity contribution is 0.192. The molecule has 3 aromatic rings. The molecule has 1 fully saturated rings. The van der Waals surface area contributed by atoms with Crippen LogP contribution < -0.4 is 4.90 Å². The first kappa shape index (κ1) is 15.5. The smallest absolute Gasteiger partial charge is 0.223 e. The highest BCUT2D eigenvalue weighted by molar-refractivity contribution is 7.20. The summed E-state index contributed by atoms with van der Waals surface area (Å²) in [7, 11) is 2.12. The Balaban J connectivity index is 1.45. The van der Waals surface area contributed by atoms with E-state index in [2.05, 4.69) is 37.1 Å². The number of hydrogen-bond donors (Lipinski definition) is 0. The van der Waals surface area contributed by atoms with Crippen molar-refractivity contribution >= 4 is 21.4 Å². The summed E-state index contributed by atoms with van der Waals surface area (Å²) < 4.78 is 6.94. The van der Waals surface area contributed by atoms with Crippen molar-refractivity contribution < 1.29 is 4.52 Å². The molecule has 0 aliphatic carbocycles. The van der Waals surface area contributed by atoms with Gasteiger partial charge in [-0.1, -0.05) is 16.5 Å². The Morgan fingerprint density at radius 1 is 1.38 bits per heavy atom. The Hall–Kier alpha value is -2.00. The van der Waals surface area contributed by atoms with Crippen LogP contribution in [0.5, 0.6) is 0 Å². The van der Waals surface area contributed by atoms with Crippen molar-refractivity contribution in [1.29, 1.82) is 0 Å². The van der Waals surface area contributed by atoms with E-state index in [1.165, 1.54) is 6.42 Å². The summed E-state index contributed by atoms with van der Waals surface area (Å²) >= 11 is 1.64. The lowest BCUT2D eigenvalue weighted by atomic mass is 10.0. The minimum Gasteiger partial charge on any atom is -0.345 e. The number of hydrogen-bond acceptors (Lipinski definition) is 8. The zero-order valence-electron chi connectivity index (χ0n) is 14.1. The Bertz CT molecular complexity index is 806. The molecule has 4 rings (SSSR count). The molecule has 128 valence electrons. The molecule has 0 unspecified atom stereocenters. The average molecular weight is 347 g/mol. The van der Waals surface area contributed by atoms with E-state index in [0.29, 0.717) is 11.9 Å². The number of fused-ring (bicyclic) bond motifs is 1. The third-order valence-corrected chi connectivity index (χ3v) is 5.43. The molecule has 1 atom stereocenters. The fourth-order valence-electron chi connectivity index (χ4n) is 3.19. The van der Waals surface area contributed by atoms with Gasteiger partial charge in [-0.15, -0.1) is 5.10 Å². The van der Waals surface area contributed by atoms with Gasteiger partial charge in [0.25, 0.3) is 0 Å². The number of imidazole rings is 1. The van der Waals surface area contributed by atoms with Crippen LogP contribution in [-0.4, -0.2) is 55.8 Å². The zero-order chi connectivity index (χ0) is 16.7. The molecule has 0 saturated carbocycles. The standard InChI is InChI=1S/C15H21N7OS/c1-10-7-22-14(16-10)24-15(18-22)20(3)12-5-4-6-21(8-12)9-13-17-11(2)23-19-13/h7,12H,4-6,8-9H2,1-3H3/t12-/m0/s1. The Labute approximate surface area is 144 Å². The van der Waals surface area contributed by atoms with Crippen LogP contribution in [0.25, 0.3) is 4.96 Å². The maximum Gasteiger partial charge on any atom is 0.223 e. The van der Waals surface area contributed by atoms with Crippen molar-refractivity contribution in [1.82, 2.24) is 29.6 Å². The van der Waals surface area contributed by atoms with E-state index in [1.54, 1.807) is 11.3 Å². The van der Waals surface area contributed by atoms with Crippen LogP contribution in [0.15, 0.2) is 10.7 Å². The maximum absolute atomic E-state index is 5.07. The van der Waals surface area contributed by atoms with Gasteiger partial charge in [0.2, 0.25) is 16.0 Å². The van der Waals surface area contributed by atoms with Gasteiger partial charge in [-0.25, -0.2) is 9.50 Å². The summed E-state index contributed by atoms with van der Waals surface area (Å²) in [4.78, 5) is 14.4. The van der Waals surface area contributed by atoms with Crippen LogP contribution in [-0.2, 0) is 6.54 Å². The number of piperidine rings is 1. The SMILES string of the molecule is Cc1cn2nc(N(C)[C@H]3CCCN(Cc4noc(C)n4)C3)sc2n1. The third kappa shape index (κ3) is 3.01. The number of rotatable bonds is 4. The first-order chi connectivity index (χ1) is 11.6. The lowest BCUT2D eigenvalue weighted by Gasteiger charge is -2.36. The number of likely N-dealkylation sites (N-methyl/N-ethyl adjacent to an activating group) is 1. The predicted molar refractivity (Wildman–Crippen MR) is 91.3 cm³/mol. The quantitative estimate of drug-likeness (QED) is 0.713. The van der Waals surface area contributed by atoms with Crippen molar-refractivity contribution in [3.63, 3.8) is 0 Å². The average Bonchev–Trinajstić information content (AvgIpc) is 3.21. The van der Waals surface area contributed by atoms with E-state index in [-0.39, 0.29) is 0 Å². The molecule has 0 aromatic carbocycles. The highest BCUT2D eigenvalue weighted by Crippen LogP contribution is 2.26. The number of anilines is 1. The number of aryl methyl sites for hydroxylation is 2. The summed E-state index contributed by atoms with van der Waals surface area (Å²) in [6.07, 6.45) is 4.29. The van der Waals surface area contributed by atoms with Gasteiger partial charge in [0, 0.05) is 26.6 Å². The van der Waals surface area contributed by atoms with Gasteiger partial charge in [-0.2, -0.15) is 4.98 Å². The molecule has 0 bridgehead atoms. The summed E-state index contributed by atoms with van der Waals surface area (Å²) in [5, 5.41) is 9.68. The molecule has 8 nitrogen and oxygen atoms in total. The normalized spacial score (nSPS) is 19.2. The van der Waals surface area contributed by atoms with Gasteiger partial charge in [0.15, 0.2) is 5.82 Å². The van der Waals surface area contributed by atoms with Crippen molar-refractivity contribution in [2.24, 2.45) is 0 Å². The summed E-state index contributed by atoms with van der Waals surface area (Å²) in [5.41, 5.74) is 1.00. The van der Waals surface area contributed by atoms with Crippen molar-refractivity contribution in [3.8, 4) is 0 Å². The summed E-state index contributed by atoms with van der Waals surface area (Å²) in [6.45, 7) is 6.60. The number of aromatic nitrogens is 5. The fraction of sp³-hybridized carbons (Fsp3) is 0.600. The second-order valence-electron chi connectivity index (χ2n) is 6.37. The monoisotopic (exact) mass is 347 g/mol. The van der Waals surface area contributed by atoms with Crippen LogP contribution in [0.4, 0.5) is 5.13 Å². The van der Waals surface area contributed by atoms with Crippen LogP contribution in [0.3, 0.4) is 0 Å². The van der Waals surface area contributed by atoms with Gasteiger partial charge < -0.3 is 9.42 Å². The van der Waals surface area contributed by atoms with E-state index in [1.807, 2.05) is 24.6 Å². The van der Waals surface area contributed by atoms with E-state index in [4.69, 9.17) is 4.52 Å². The highest BCUT2D eigenvalue weighted by Gasteiger charge is 2.26. The van der Waals surface area contributed by atoms with Crippen LogP contribution in [0.1, 0.15) is 30.3 Å². The Kier molecular flexibility index (Phi) is 3.97. The van der Waals surface area contributed by atoms with Gasteiger partial charge >= 0.3 is 0 Å². The topological polar surface area (TPSA) is 75.6 Å². The predicted octanol–water partition coefficient (Wildman–Crippen LogP) is 1.89. The molecular formula is C15H21N7OS. The largest absolute Gasteiger partial charge is 0.345 e. The Morgan fingerprint density at radius 2 is 2.25 bits per heavy atom. The minimum absolute atomic E-state index is 0.434. The van der Waals surface area contributed by atoms with Gasteiger partial charge in [-0.3, -0.25) is 4.90 Å². The first-order valence-corrected chi connectivity index (χ1v) is 8.97. The van der Waals surface area contributed by atoms with E-state index in [9.17, 15) is 0 Å². The molecule has 0 spiro atoms. The first-order valence-electron chi connectivity index (χ1n) is 8.15. The number of likely N-dealkylation sites (tertiary alicyclic amines) is 1. The highest BCUT2D eigenvalue weighted by atomic mass is 32.1. The van der Waals surface area contributed by atoms with Crippen molar-refractivity contribution in [2.45, 2.75) is 39.3 Å². The van der Waals surface area contributed by atoms with E-state index in [0.717, 1.165) is 47.7 Å². The molecule has 9 heteroatoms. The molecule has 24 heavy (non-hydrogen) atoms. The van der Waals surface area contributed by atoms with Crippen LogP contribution in [0.2, 0.25) is 0 Å². The number of nitrogens with zero attached hydrogens (tertiary/aromatic N) is 7. The Morgan fingerprint density at radius 3 is 3.00 bits per heavy atom. The second-order valence-corrected chi connectivity index (χ2v) is 7.30. The molecule has 1 aliphatic heterocycles. The van der Waals surface area contributed by atoms with Gasteiger partial charge in [-0.05, 0) is 26.3 Å². The molecule has 0 amide bonds. The molecule has 1 aliphatic rings. The lowest BCUT2D eigenvalue weighted by Crippen LogP contribution is -2.46. The van der Waals surface area contributed by atoms with Crippen LogP contribution in [0, 0.1) is 13.8 Å². The second kappa shape index (κ2) is 6.14. The summed E-state index contributed by atoms with van der Waals surface area (Å²) in [5.74, 6) is 1.39. The summed E-state index contributed by atoms with van der Waals surface area (Å²) in [6, 6.07) is 0.434. The molecule has 4 heterocycles. The van der Waals surface area contributed by atoms with Gasteiger partial charge in [0.1, 0.15) is 0 Å². The van der Waals surface area contributed by atoms with Crippen molar-refractivity contribution in [2.75, 3.05) is 25.0 Å². The minimum atomic E-state index is 0.434. The fourth-order valence-corrected chi connectivity index (χ4v) is 4.16. The van der Waals surface area contributed by atoms with E-state index < -0.39 is 0 Å². The van der Waals surface area contributed by atoms with Gasteiger partial charge in [0.05, 0.1) is 18.4 Å². The van der Waals surface area contributed by atoms with E-state index >= 15 is 0 Å². The zero-order valence-corrected chi connectivity index (χ0v) is 15.0. The molecule has 3 aromatic heterocycles. The maximum atomic E-state index is 5.07.